The molecule has 0 radical (unpaired) electrons. The zero-order chi connectivity index (χ0) is 49.6. The minimum atomic E-state index is -1.01. The molecule has 0 bridgehead atoms. The van der Waals surface area contributed by atoms with Gasteiger partial charge >= 0.3 is 0 Å². The van der Waals surface area contributed by atoms with Crippen LogP contribution in [-0.4, -0.2) is 100 Å². The summed E-state index contributed by atoms with van der Waals surface area (Å²) in [6, 6.07) is 25.5. The molecule has 3 heterocycles. The standard InChI is InChI=1S/C53H58N6O8S2/c1-33-29-38(20-23-42(33)54-8)58-50(64)53(6,7)59(51(58)68)37-18-21-40(22-19-37)66-27-25-65-26-28-67-45-12-10-9-11-41(45)48(62)56-47(52(3,4)5)49(63)57-31-39(60)30-43(57)44(61)24-15-35-13-16-36(17-14-35)46-34(2)55-32-69-46/h9-14,16-23,29,32,39,43,47,60H,15,24-28,30-31H2,1-7H3,(H,56,62)/t39-,43+,47-/m1/s1. The van der Waals surface area contributed by atoms with Gasteiger partial charge in [0.1, 0.15) is 36.3 Å². The Labute approximate surface area is 413 Å². The number of aliphatic hydroxyl groups is 1. The number of likely N-dealkylation sites (tertiary alicyclic amines) is 1. The minimum Gasteiger partial charge on any atom is -0.491 e. The number of thiazole rings is 1. The lowest BCUT2D eigenvalue weighted by molar-refractivity contribution is -0.141. The van der Waals surface area contributed by atoms with Crippen molar-refractivity contribution in [2.45, 2.75) is 91.5 Å². The Morgan fingerprint density at radius 3 is 2.29 bits per heavy atom. The highest BCUT2D eigenvalue weighted by Gasteiger charge is 2.50. The van der Waals surface area contributed by atoms with Crippen LogP contribution in [0.5, 0.6) is 11.5 Å². The largest absolute Gasteiger partial charge is 0.491 e. The van der Waals surface area contributed by atoms with Crippen molar-refractivity contribution in [3.63, 3.8) is 0 Å². The first-order valence-electron chi connectivity index (χ1n) is 22.9. The van der Waals surface area contributed by atoms with Crippen LogP contribution in [0.25, 0.3) is 15.3 Å². The SMILES string of the molecule is [C-]#[N+]c1ccc(N2C(=O)C(C)(C)N(c3ccc(OCCOCCOc4ccccc4C(=O)N[C@H](C(=O)N4C[C@H](O)C[C@H]4C(=O)CCc4ccc(-c5scnc5C)cc4)C(C)(C)C)cc3)C2=S)cc1C. The van der Waals surface area contributed by atoms with E-state index >= 15 is 0 Å². The third kappa shape index (κ3) is 11.3. The maximum Gasteiger partial charge on any atom is 0.259 e. The van der Waals surface area contributed by atoms with Crippen LogP contribution in [-0.2, 0) is 25.5 Å². The minimum absolute atomic E-state index is 0.00460. The highest BCUT2D eigenvalue weighted by Crippen LogP contribution is 2.38. The smallest absolute Gasteiger partial charge is 0.259 e. The first kappa shape index (κ1) is 50.4. The van der Waals surface area contributed by atoms with Crippen LogP contribution in [0, 0.1) is 25.8 Å². The van der Waals surface area contributed by atoms with E-state index in [9.17, 15) is 24.3 Å². The summed E-state index contributed by atoms with van der Waals surface area (Å²) in [7, 11) is 0. The number of nitrogens with zero attached hydrogens (tertiary/aromatic N) is 5. The summed E-state index contributed by atoms with van der Waals surface area (Å²) in [5, 5.41) is 14.0. The third-order valence-corrected chi connectivity index (χ3v) is 13.7. The van der Waals surface area contributed by atoms with Crippen molar-refractivity contribution in [1.29, 1.82) is 0 Å². The molecule has 5 aromatic rings. The number of anilines is 2. The molecule has 2 fully saturated rings. The monoisotopic (exact) mass is 970 g/mol. The second kappa shape index (κ2) is 21.4. The number of rotatable bonds is 18. The van der Waals surface area contributed by atoms with E-state index in [1.807, 2.05) is 95.3 Å². The highest BCUT2D eigenvalue weighted by molar-refractivity contribution is 7.81. The Hall–Kier alpha value is -6.51. The van der Waals surface area contributed by atoms with Crippen LogP contribution in [0.15, 0.2) is 96.5 Å². The van der Waals surface area contributed by atoms with E-state index in [0.717, 1.165) is 32.9 Å². The van der Waals surface area contributed by atoms with Crippen LogP contribution < -0.4 is 24.6 Å². The van der Waals surface area contributed by atoms with Crippen molar-refractivity contribution in [3.05, 3.63) is 130 Å². The maximum atomic E-state index is 14.3. The lowest BCUT2D eigenvalue weighted by Gasteiger charge is -2.35. The topological polar surface area (TPSA) is 155 Å². The van der Waals surface area contributed by atoms with E-state index in [2.05, 4.69) is 15.1 Å². The molecular weight excluding hydrogens is 913 g/mol. The number of carbonyl (C=O) groups is 4. The number of aryl methyl sites for hydroxylation is 3. The van der Waals surface area contributed by atoms with Gasteiger partial charge in [-0.3, -0.25) is 24.1 Å². The van der Waals surface area contributed by atoms with Gasteiger partial charge in [-0.15, -0.1) is 11.3 Å². The van der Waals surface area contributed by atoms with Gasteiger partial charge in [-0.25, -0.2) is 9.83 Å². The van der Waals surface area contributed by atoms with E-state index in [0.29, 0.717) is 34.4 Å². The molecule has 3 atom stereocenters. The molecule has 0 aliphatic carbocycles. The van der Waals surface area contributed by atoms with Gasteiger partial charge in [-0.2, -0.15) is 0 Å². The Morgan fingerprint density at radius 2 is 1.64 bits per heavy atom. The number of aliphatic hydroxyl groups excluding tert-OH is 1. The molecule has 0 unspecified atom stereocenters. The van der Waals surface area contributed by atoms with Gasteiger partial charge in [0, 0.05) is 30.8 Å². The second-order valence-corrected chi connectivity index (χ2v) is 20.0. The predicted octanol–water partition coefficient (Wildman–Crippen LogP) is 8.68. The van der Waals surface area contributed by atoms with Crippen molar-refractivity contribution in [3.8, 4) is 21.9 Å². The zero-order valence-electron chi connectivity index (χ0n) is 40.0. The number of carbonyl (C=O) groups excluding carboxylic acids is 4. The molecule has 14 nitrogen and oxygen atoms in total. The van der Waals surface area contributed by atoms with Gasteiger partial charge in [0.05, 0.1) is 53.6 Å². The number of hydrogen-bond donors (Lipinski definition) is 2. The van der Waals surface area contributed by atoms with E-state index in [4.69, 9.17) is 33.0 Å². The molecular formula is C53H58N6O8S2. The van der Waals surface area contributed by atoms with Crippen molar-refractivity contribution < 1.29 is 38.5 Å². The number of thiocarbonyl (C=S) groups is 1. The Balaban J connectivity index is 0.879. The molecule has 2 aliphatic rings. The number of amides is 3. The van der Waals surface area contributed by atoms with Gasteiger partial charge in [-0.1, -0.05) is 63.2 Å². The third-order valence-electron chi connectivity index (χ3n) is 12.4. The maximum absolute atomic E-state index is 14.3. The first-order chi connectivity index (χ1) is 32.9. The van der Waals surface area contributed by atoms with E-state index in [1.54, 1.807) is 65.9 Å². The van der Waals surface area contributed by atoms with Crippen molar-refractivity contribution >= 4 is 69.2 Å². The van der Waals surface area contributed by atoms with E-state index < -0.39 is 41.0 Å². The number of ether oxygens (including phenoxy) is 3. The number of β-amino-alcohol motifs (C(OH)–C–C–N with tert-alkyl or cyclic N) is 1. The fraction of sp³-hybridized carbons (Fsp3) is 0.377. The summed E-state index contributed by atoms with van der Waals surface area (Å²) < 4.78 is 17.7. The fourth-order valence-electron chi connectivity index (χ4n) is 8.58. The lowest BCUT2D eigenvalue weighted by atomic mass is 9.85. The molecule has 2 saturated heterocycles. The van der Waals surface area contributed by atoms with E-state index in [1.165, 1.54) is 9.80 Å². The van der Waals surface area contributed by atoms with Crippen LogP contribution in [0.3, 0.4) is 0 Å². The van der Waals surface area contributed by atoms with Crippen LogP contribution >= 0.6 is 23.6 Å². The number of ketones is 1. The van der Waals surface area contributed by atoms with Crippen molar-refractivity contribution in [1.82, 2.24) is 15.2 Å². The number of para-hydroxylation sites is 1. The van der Waals surface area contributed by atoms with Crippen LogP contribution in [0.2, 0.25) is 0 Å². The number of Topliss-reactive ketones (excluding diaryl/α,β-unsaturated/α-hetero) is 1. The average molecular weight is 971 g/mol. The van der Waals surface area contributed by atoms with Crippen molar-refractivity contribution in [2.75, 3.05) is 42.8 Å². The molecule has 0 spiro atoms. The molecule has 360 valence electrons. The number of benzene rings is 4. The molecule has 16 heteroatoms. The van der Waals surface area contributed by atoms with Crippen molar-refractivity contribution in [2.24, 2.45) is 5.41 Å². The normalized spacial score (nSPS) is 17.2. The molecule has 3 amide bonds. The quantitative estimate of drug-likeness (QED) is 0.0493. The molecule has 4 aromatic carbocycles. The molecule has 2 aliphatic heterocycles. The first-order valence-corrected chi connectivity index (χ1v) is 24.2. The van der Waals surface area contributed by atoms with Gasteiger partial charge in [0.25, 0.3) is 11.8 Å². The predicted molar refractivity (Wildman–Crippen MR) is 271 cm³/mol. The molecule has 2 N–H and O–H groups in total. The van der Waals surface area contributed by atoms with Gasteiger partial charge in [-0.05, 0) is 117 Å². The summed E-state index contributed by atoms with van der Waals surface area (Å²) in [5.74, 6) is -0.341. The number of nitrogens with one attached hydrogen (secondary N) is 1. The average Bonchev–Trinajstić information content (AvgIpc) is 3.99. The Kier molecular flexibility index (Phi) is 15.6. The highest BCUT2D eigenvalue weighted by atomic mass is 32.1. The summed E-state index contributed by atoms with van der Waals surface area (Å²) in [6.45, 7) is 21.2. The summed E-state index contributed by atoms with van der Waals surface area (Å²) >= 11 is 7.41. The Bertz CT molecular complexity index is 2740. The van der Waals surface area contributed by atoms with Gasteiger partial charge in [0.15, 0.2) is 16.6 Å². The second-order valence-electron chi connectivity index (χ2n) is 18.8. The van der Waals surface area contributed by atoms with Crippen LogP contribution in [0.1, 0.15) is 74.6 Å². The van der Waals surface area contributed by atoms with Crippen LogP contribution in [0.4, 0.5) is 17.1 Å². The summed E-state index contributed by atoms with van der Waals surface area (Å²) in [6.07, 6.45) is -0.0393. The molecule has 0 saturated carbocycles. The molecule has 7 rings (SSSR count). The lowest BCUT2D eigenvalue weighted by Crippen LogP contribution is -2.56. The zero-order valence-corrected chi connectivity index (χ0v) is 41.6. The van der Waals surface area contributed by atoms with Gasteiger partial charge in [0.2, 0.25) is 5.91 Å². The molecule has 69 heavy (non-hydrogen) atoms. The number of aromatic nitrogens is 1. The Morgan fingerprint density at radius 1 is 0.957 bits per heavy atom. The summed E-state index contributed by atoms with van der Waals surface area (Å²) in [4.78, 5) is 69.2. The van der Waals surface area contributed by atoms with Gasteiger partial charge < -0.3 is 34.4 Å². The van der Waals surface area contributed by atoms with E-state index in [-0.39, 0.29) is 63.1 Å². The fourth-order valence-corrected chi connectivity index (χ4v) is 9.92. The molecule has 1 aromatic heterocycles. The number of hydrogen-bond acceptors (Lipinski definition) is 11. The summed E-state index contributed by atoms with van der Waals surface area (Å²) in [5.41, 5.74) is 6.01.